The van der Waals surface area contributed by atoms with E-state index in [4.69, 9.17) is 26.2 Å². The van der Waals surface area contributed by atoms with Crippen LogP contribution in [0.25, 0.3) is 6.08 Å². The van der Waals surface area contributed by atoms with Crippen LogP contribution in [0.3, 0.4) is 0 Å². The van der Waals surface area contributed by atoms with Crippen molar-refractivity contribution in [2.24, 2.45) is 4.99 Å². The van der Waals surface area contributed by atoms with Gasteiger partial charge in [0.25, 0.3) is 5.91 Å². The average Bonchev–Trinajstić information content (AvgIpc) is 3.08. The quantitative estimate of drug-likeness (QED) is 0.425. The van der Waals surface area contributed by atoms with Crippen molar-refractivity contribution in [3.8, 4) is 11.5 Å². The van der Waals surface area contributed by atoms with Crippen molar-refractivity contribution in [3.63, 3.8) is 0 Å². The molecular weight excluding hydrogens is 452 g/mol. The van der Waals surface area contributed by atoms with Crippen molar-refractivity contribution in [3.05, 3.63) is 69.6 Å². The standard InChI is InChI=1S/C23H21ClN2O5S/c1-4-5-15-8-14(9-18(30-3)21(15)31-12-20(27)28)10-19-22(29)26-23(32-19)25-17-11-16(24)7-6-13(17)2/h4,6-11H,1,5,12H2,2-3H3,(H,27,28)(H,25,26,29)/b19-10-. The van der Waals surface area contributed by atoms with Gasteiger partial charge in [0.15, 0.2) is 23.3 Å². The number of carboxylic acid groups (broad SMARTS) is 1. The number of aryl methyl sites for hydroxylation is 1. The molecule has 1 aliphatic rings. The summed E-state index contributed by atoms with van der Waals surface area (Å²) in [4.78, 5) is 28.4. The summed E-state index contributed by atoms with van der Waals surface area (Å²) in [5.41, 5.74) is 3.00. The smallest absolute Gasteiger partial charge is 0.341 e. The molecule has 1 heterocycles. The molecule has 7 nitrogen and oxygen atoms in total. The van der Waals surface area contributed by atoms with Crippen molar-refractivity contribution in [2.75, 3.05) is 13.7 Å². The molecule has 0 aliphatic carbocycles. The fourth-order valence-corrected chi connectivity index (χ4v) is 3.97. The number of amidine groups is 1. The highest BCUT2D eigenvalue weighted by Gasteiger charge is 2.24. The van der Waals surface area contributed by atoms with Crippen molar-refractivity contribution < 1.29 is 24.2 Å². The predicted molar refractivity (Wildman–Crippen MR) is 127 cm³/mol. The largest absolute Gasteiger partial charge is 0.493 e. The van der Waals surface area contributed by atoms with E-state index in [0.29, 0.717) is 49.8 Å². The number of ether oxygens (including phenoxy) is 2. The van der Waals surface area contributed by atoms with E-state index in [2.05, 4.69) is 16.9 Å². The molecule has 2 N–H and O–H groups in total. The maximum absolute atomic E-state index is 12.5. The molecule has 2 aromatic rings. The van der Waals surface area contributed by atoms with Gasteiger partial charge in [0.2, 0.25) is 0 Å². The number of carbonyl (C=O) groups excluding carboxylic acids is 1. The van der Waals surface area contributed by atoms with E-state index in [1.807, 2.05) is 13.0 Å². The molecule has 1 saturated heterocycles. The van der Waals surface area contributed by atoms with E-state index < -0.39 is 12.6 Å². The zero-order valence-electron chi connectivity index (χ0n) is 17.5. The van der Waals surface area contributed by atoms with Gasteiger partial charge in [0.1, 0.15) is 0 Å². The van der Waals surface area contributed by atoms with Crippen LogP contribution in [0.5, 0.6) is 11.5 Å². The molecule has 9 heteroatoms. The lowest BCUT2D eigenvalue weighted by atomic mass is 10.0. The number of thioether (sulfide) groups is 1. The number of hydrogen-bond donors (Lipinski definition) is 2. The van der Waals surface area contributed by atoms with Gasteiger partial charge in [-0.1, -0.05) is 23.7 Å². The summed E-state index contributed by atoms with van der Waals surface area (Å²) in [5.74, 6) is -0.670. The van der Waals surface area contributed by atoms with Gasteiger partial charge in [0, 0.05) is 10.6 Å². The Hall–Kier alpha value is -3.23. The van der Waals surface area contributed by atoms with Gasteiger partial charge >= 0.3 is 5.97 Å². The zero-order valence-corrected chi connectivity index (χ0v) is 19.0. The van der Waals surface area contributed by atoms with Gasteiger partial charge < -0.3 is 19.9 Å². The van der Waals surface area contributed by atoms with Crippen LogP contribution in [0.4, 0.5) is 5.69 Å². The van der Waals surface area contributed by atoms with Crippen LogP contribution in [-0.4, -0.2) is 35.9 Å². The van der Waals surface area contributed by atoms with Crippen LogP contribution in [0.15, 0.2) is 52.9 Å². The summed E-state index contributed by atoms with van der Waals surface area (Å²) < 4.78 is 10.8. The number of carboxylic acids is 1. The second-order valence-corrected chi connectivity index (χ2v) is 8.27. The lowest BCUT2D eigenvalue weighted by Crippen LogP contribution is -2.19. The molecule has 0 unspecified atom stereocenters. The summed E-state index contributed by atoms with van der Waals surface area (Å²) in [6, 6.07) is 8.87. The molecule has 0 spiro atoms. The van der Waals surface area contributed by atoms with Crippen LogP contribution < -0.4 is 14.8 Å². The molecule has 1 aliphatic heterocycles. The number of methoxy groups -OCH3 is 1. The molecule has 3 rings (SSSR count). The third-order valence-electron chi connectivity index (χ3n) is 4.42. The number of aliphatic carboxylic acids is 1. The molecule has 0 bridgehead atoms. The lowest BCUT2D eigenvalue weighted by molar-refractivity contribution is -0.139. The van der Waals surface area contributed by atoms with Crippen LogP contribution >= 0.6 is 23.4 Å². The number of amides is 1. The molecular formula is C23H21ClN2O5S. The van der Waals surface area contributed by atoms with Crippen molar-refractivity contribution in [1.82, 2.24) is 5.32 Å². The summed E-state index contributed by atoms with van der Waals surface area (Å²) in [5, 5.41) is 12.7. The van der Waals surface area contributed by atoms with Crippen LogP contribution in [0.2, 0.25) is 5.02 Å². The minimum absolute atomic E-state index is 0.274. The second-order valence-electron chi connectivity index (χ2n) is 6.80. The highest BCUT2D eigenvalue weighted by molar-refractivity contribution is 8.18. The number of carbonyl (C=O) groups is 2. The second kappa shape index (κ2) is 10.4. The Morgan fingerprint density at radius 3 is 2.81 bits per heavy atom. The third kappa shape index (κ3) is 5.72. The summed E-state index contributed by atoms with van der Waals surface area (Å²) in [7, 11) is 1.46. The number of aliphatic imine (C=N–C) groups is 1. The van der Waals surface area contributed by atoms with E-state index >= 15 is 0 Å². The van der Waals surface area contributed by atoms with E-state index in [1.54, 1.807) is 36.4 Å². The van der Waals surface area contributed by atoms with Gasteiger partial charge in [-0.05, 0) is 66.6 Å². The average molecular weight is 473 g/mol. The molecule has 166 valence electrons. The number of halogens is 1. The topological polar surface area (TPSA) is 97.2 Å². The summed E-state index contributed by atoms with van der Waals surface area (Å²) >= 11 is 7.26. The molecule has 1 amide bonds. The van der Waals surface area contributed by atoms with Crippen molar-refractivity contribution >= 4 is 52.2 Å². The first-order valence-electron chi connectivity index (χ1n) is 9.53. The number of rotatable bonds is 8. The van der Waals surface area contributed by atoms with Gasteiger partial charge in [0.05, 0.1) is 17.7 Å². The zero-order chi connectivity index (χ0) is 23.3. The summed E-state index contributed by atoms with van der Waals surface area (Å²) in [6.07, 6.45) is 3.82. The summed E-state index contributed by atoms with van der Waals surface area (Å²) in [6.45, 7) is 5.15. The minimum Gasteiger partial charge on any atom is -0.493 e. The first-order chi connectivity index (χ1) is 15.3. The van der Waals surface area contributed by atoms with Crippen LogP contribution in [0, 0.1) is 6.92 Å². The van der Waals surface area contributed by atoms with Gasteiger partial charge in [-0.3, -0.25) is 4.79 Å². The first kappa shape index (κ1) is 23.4. The Kier molecular flexibility index (Phi) is 7.61. The minimum atomic E-state index is -1.09. The Balaban J connectivity index is 1.93. The third-order valence-corrected chi connectivity index (χ3v) is 5.57. The Labute approximate surface area is 194 Å². The predicted octanol–water partition coefficient (Wildman–Crippen LogP) is 4.74. The maximum Gasteiger partial charge on any atom is 0.341 e. The van der Waals surface area contributed by atoms with E-state index in [9.17, 15) is 9.59 Å². The molecule has 0 radical (unpaired) electrons. The molecule has 0 aromatic heterocycles. The monoisotopic (exact) mass is 472 g/mol. The maximum atomic E-state index is 12.5. The molecule has 2 aromatic carbocycles. The molecule has 0 atom stereocenters. The van der Waals surface area contributed by atoms with E-state index in [0.717, 1.165) is 5.56 Å². The van der Waals surface area contributed by atoms with Crippen molar-refractivity contribution in [2.45, 2.75) is 13.3 Å². The fraction of sp³-hybridized carbons (Fsp3) is 0.174. The van der Waals surface area contributed by atoms with Gasteiger partial charge in [-0.2, -0.15) is 0 Å². The number of nitrogens with zero attached hydrogens (tertiary/aromatic N) is 1. The molecule has 32 heavy (non-hydrogen) atoms. The Morgan fingerprint density at radius 1 is 1.34 bits per heavy atom. The van der Waals surface area contributed by atoms with Crippen molar-refractivity contribution in [1.29, 1.82) is 0 Å². The van der Waals surface area contributed by atoms with Crippen LogP contribution in [-0.2, 0) is 16.0 Å². The number of nitrogens with one attached hydrogen (secondary N) is 1. The Morgan fingerprint density at radius 2 is 2.12 bits per heavy atom. The lowest BCUT2D eigenvalue weighted by Gasteiger charge is -2.14. The number of benzene rings is 2. The Bertz CT molecular complexity index is 1140. The highest BCUT2D eigenvalue weighted by Crippen LogP contribution is 2.36. The fourth-order valence-electron chi connectivity index (χ4n) is 2.97. The van der Waals surface area contributed by atoms with Gasteiger partial charge in [-0.15, -0.1) is 6.58 Å². The van der Waals surface area contributed by atoms with E-state index in [-0.39, 0.29) is 5.91 Å². The first-order valence-corrected chi connectivity index (χ1v) is 10.7. The number of hydrogen-bond acceptors (Lipinski definition) is 6. The SMILES string of the molecule is C=CCc1cc(/C=C2\SC(=Nc3cc(Cl)ccc3C)NC2=O)cc(OC)c1OCC(=O)O. The number of allylic oxidation sites excluding steroid dienone is 1. The van der Waals surface area contributed by atoms with Crippen LogP contribution in [0.1, 0.15) is 16.7 Å². The molecule has 1 fully saturated rings. The van der Waals surface area contributed by atoms with Gasteiger partial charge in [-0.25, -0.2) is 9.79 Å². The molecule has 0 saturated carbocycles. The van der Waals surface area contributed by atoms with E-state index in [1.165, 1.54) is 18.9 Å². The highest BCUT2D eigenvalue weighted by atomic mass is 35.5. The normalized spacial score (nSPS) is 15.7.